The molecule has 2 rings (SSSR count). The molecule has 0 amide bonds. The molecule has 1 aliphatic carbocycles. The molecule has 0 heterocycles. The smallest absolute Gasteiger partial charge is 0.123 e. The van der Waals surface area contributed by atoms with E-state index in [-0.39, 0.29) is 0 Å². The van der Waals surface area contributed by atoms with E-state index in [1.807, 2.05) is 12.1 Å². The first-order valence-electron chi connectivity index (χ1n) is 6.54. The number of aromatic hydroxyl groups is 1. The van der Waals surface area contributed by atoms with Gasteiger partial charge >= 0.3 is 0 Å². The third-order valence-corrected chi connectivity index (χ3v) is 3.37. The molecule has 0 bridgehead atoms. The summed E-state index contributed by atoms with van der Waals surface area (Å²) >= 11 is 0. The molecular formula is C15H21NO2. The molecule has 1 aromatic rings. The van der Waals surface area contributed by atoms with Gasteiger partial charge in [0.15, 0.2) is 0 Å². The lowest BCUT2D eigenvalue weighted by atomic mass is 10.1. The van der Waals surface area contributed by atoms with Gasteiger partial charge in [0.25, 0.3) is 0 Å². The second-order valence-electron chi connectivity index (χ2n) is 4.68. The lowest BCUT2D eigenvalue weighted by molar-refractivity contribution is 0.406. The number of benzene rings is 1. The Morgan fingerprint density at radius 3 is 2.94 bits per heavy atom. The maximum absolute atomic E-state index is 9.80. The van der Waals surface area contributed by atoms with Gasteiger partial charge in [-0.25, -0.2) is 0 Å². The van der Waals surface area contributed by atoms with E-state index in [2.05, 4.69) is 11.4 Å². The summed E-state index contributed by atoms with van der Waals surface area (Å²) in [5.41, 5.74) is 2.48. The average Bonchev–Trinajstić information content (AvgIpc) is 2.89. The number of hydrogen-bond acceptors (Lipinski definition) is 3. The molecule has 0 fully saturated rings. The molecule has 3 nitrogen and oxygen atoms in total. The molecular weight excluding hydrogens is 226 g/mol. The van der Waals surface area contributed by atoms with Crippen molar-refractivity contribution in [3.05, 3.63) is 35.4 Å². The summed E-state index contributed by atoms with van der Waals surface area (Å²) in [6, 6.07) is 5.42. The molecule has 3 heteroatoms. The Bertz CT molecular complexity index is 427. The number of nitrogens with one attached hydrogen (secondary N) is 1. The summed E-state index contributed by atoms with van der Waals surface area (Å²) in [6.07, 6.45) is 7.29. The van der Waals surface area contributed by atoms with Crippen LogP contribution in [0.4, 0.5) is 0 Å². The van der Waals surface area contributed by atoms with Crippen LogP contribution in [0.1, 0.15) is 31.2 Å². The van der Waals surface area contributed by atoms with E-state index in [1.165, 1.54) is 19.3 Å². The van der Waals surface area contributed by atoms with Crippen LogP contribution in [-0.4, -0.2) is 18.8 Å². The van der Waals surface area contributed by atoms with Gasteiger partial charge < -0.3 is 15.2 Å². The molecule has 0 spiro atoms. The first-order valence-corrected chi connectivity index (χ1v) is 6.54. The number of methoxy groups -OCH3 is 1. The van der Waals surface area contributed by atoms with Gasteiger partial charge in [-0.15, -0.1) is 0 Å². The van der Waals surface area contributed by atoms with Gasteiger partial charge in [-0.05, 0) is 38.3 Å². The predicted molar refractivity (Wildman–Crippen MR) is 72.9 cm³/mol. The number of rotatable bonds is 6. The molecule has 0 saturated heterocycles. The van der Waals surface area contributed by atoms with Crippen molar-refractivity contribution in [1.29, 1.82) is 0 Å². The van der Waals surface area contributed by atoms with Crippen LogP contribution in [0.25, 0.3) is 0 Å². The van der Waals surface area contributed by atoms with Crippen LogP contribution in [0.5, 0.6) is 11.5 Å². The molecule has 0 aliphatic heterocycles. The van der Waals surface area contributed by atoms with Crippen molar-refractivity contribution in [3.63, 3.8) is 0 Å². The summed E-state index contributed by atoms with van der Waals surface area (Å²) in [5, 5.41) is 13.2. The molecule has 2 N–H and O–H groups in total. The average molecular weight is 247 g/mol. The highest BCUT2D eigenvalue weighted by Gasteiger charge is 2.05. The molecule has 18 heavy (non-hydrogen) atoms. The summed E-state index contributed by atoms with van der Waals surface area (Å²) < 4.78 is 5.06. The van der Waals surface area contributed by atoms with E-state index in [0.29, 0.717) is 18.0 Å². The standard InChI is InChI=1S/C15H21NO2/c1-18-14-7-6-13(15(17)10-14)11-16-9-8-12-4-2-3-5-12/h4,6-7,10,16-17H,2-3,5,8-9,11H2,1H3. The first-order chi connectivity index (χ1) is 8.79. The fourth-order valence-electron chi connectivity index (χ4n) is 2.26. The quantitative estimate of drug-likeness (QED) is 0.600. The number of phenols is 1. The fraction of sp³-hybridized carbons (Fsp3) is 0.467. The molecule has 0 saturated carbocycles. The van der Waals surface area contributed by atoms with Gasteiger partial charge in [0.05, 0.1) is 7.11 Å². The highest BCUT2D eigenvalue weighted by Crippen LogP contribution is 2.23. The van der Waals surface area contributed by atoms with E-state index in [1.54, 1.807) is 18.7 Å². The predicted octanol–water partition coefficient (Wildman–Crippen LogP) is 2.99. The van der Waals surface area contributed by atoms with Crippen LogP contribution in [-0.2, 0) is 6.54 Å². The van der Waals surface area contributed by atoms with Crippen LogP contribution in [0.2, 0.25) is 0 Å². The minimum absolute atomic E-state index is 0.293. The Kier molecular flexibility index (Phi) is 4.65. The van der Waals surface area contributed by atoms with Gasteiger partial charge in [0.1, 0.15) is 11.5 Å². The van der Waals surface area contributed by atoms with Crippen molar-refractivity contribution >= 4 is 0 Å². The second-order valence-corrected chi connectivity index (χ2v) is 4.68. The Hall–Kier alpha value is -1.48. The van der Waals surface area contributed by atoms with Crippen molar-refractivity contribution in [3.8, 4) is 11.5 Å². The van der Waals surface area contributed by atoms with E-state index < -0.39 is 0 Å². The maximum Gasteiger partial charge on any atom is 0.123 e. The molecule has 1 aliphatic rings. The Balaban J connectivity index is 1.75. The normalized spacial score (nSPS) is 14.6. The topological polar surface area (TPSA) is 41.5 Å². The lowest BCUT2D eigenvalue weighted by Gasteiger charge is -2.08. The molecule has 98 valence electrons. The maximum atomic E-state index is 9.80. The molecule has 0 aromatic heterocycles. The second kappa shape index (κ2) is 6.45. The minimum atomic E-state index is 0.293. The van der Waals surface area contributed by atoms with Gasteiger partial charge in [0, 0.05) is 18.2 Å². The Morgan fingerprint density at radius 1 is 1.39 bits per heavy atom. The summed E-state index contributed by atoms with van der Waals surface area (Å²) in [4.78, 5) is 0. The third kappa shape index (κ3) is 3.50. The largest absolute Gasteiger partial charge is 0.507 e. The minimum Gasteiger partial charge on any atom is -0.507 e. The Morgan fingerprint density at radius 2 is 2.28 bits per heavy atom. The van der Waals surface area contributed by atoms with Crippen LogP contribution >= 0.6 is 0 Å². The van der Waals surface area contributed by atoms with Crippen molar-refractivity contribution in [2.75, 3.05) is 13.7 Å². The van der Waals surface area contributed by atoms with Crippen molar-refractivity contribution in [2.45, 2.75) is 32.2 Å². The van der Waals surface area contributed by atoms with Crippen LogP contribution in [0.15, 0.2) is 29.8 Å². The highest BCUT2D eigenvalue weighted by molar-refractivity contribution is 5.39. The zero-order valence-electron chi connectivity index (χ0n) is 10.9. The number of phenolic OH excluding ortho intramolecular Hbond substituents is 1. The monoisotopic (exact) mass is 247 g/mol. The van der Waals surface area contributed by atoms with E-state index >= 15 is 0 Å². The van der Waals surface area contributed by atoms with Gasteiger partial charge in [0.2, 0.25) is 0 Å². The molecule has 0 atom stereocenters. The van der Waals surface area contributed by atoms with Gasteiger partial charge in [-0.3, -0.25) is 0 Å². The first kappa shape index (κ1) is 13.0. The lowest BCUT2D eigenvalue weighted by Crippen LogP contribution is -2.15. The molecule has 0 radical (unpaired) electrons. The Labute approximate surface area is 108 Å². The van der Waals surface area contributed by atoms with Crippen LogP contribution < -0.4 is 10.1 Å². The van der Waals surface area contributed by atoms with Crippen molar-refractivity contribution in [1.82, 2.24) is 5.32 Å². The summed E-state index contributed by atoms with van der Waals surface area (Å²) in [7, 11) is 1.60. The van der Waals surface area contributed by atoms with Crippen molar-refractivity contribution < 1.29 is 9.84 Å². The van der Waals surface area contributed by atoms with Gasteiger partial charge in [-0.1, -0.05) is 17.7 Å². The van der Waals surface area contributed by atoms with Gasteiger partial charge in [-0.2, -0.15) is 0 Å². The van der Waals surface area contributed by atoms with E-state index in [9.17, 15) is 5.11 Å². The summed E-state index contributed by atoms with van der Waals surface area (Å²) in [5.74, 6) is 0.981. The SMILES string of the molecule is COc1ccc(CNCCC2=CCCC2)c(O)c1. The van der Waals surface area contributed by atoms with E-state index in [4.69, 9.17) is 4.74 Å². The van der Waals surface area contributed by atoms with Crippen LogP contribution in [0.3, 0.4) is 0 Å². The van der Waals surface area contributed by atoms with E-state index in [0.717, 1.165) is 18.5 Å². The summed E-state index contributed by atoms with van der Waals surface area (Å²) in [6.45, 7) is 1.67. The number of allylic oxidation sites excluding steroid dienone is 1. The zero-order chi connectivity index (χ0) is 12.8. The molecule has 1 aromatic carbocycles. The third-order valence-electron chi connectivity index (χ3n) is 3.37. The van der Waals surface area contributed by atoms with Crippen molar-refractivity contribution in [2.24, 2.45) is 0 Å². The molecule has 0 unspecified atom stereocenters. The number of ether oxygens (including phenoxy) is 1. The van der Waals surface area contributed by atoms with Crippen LogP contribution in [0, 0.1) is 0 Å². The zero-order valence-corrected chi connectivity index (χ0v) is 10.9. The highest BCUT2D eigenvalue weighted by atomic mass is 16.5. The fourth-order valence-corrected chi connectivity index (χ4v) is 2.26. The number of hydrogen-bond donors (Lipinski definition) is 2.